The highest BCUT2D eigenvalue weighted by Gasteiger charge is 2.47. The fourth-order valence-corrected chi connectivity index (χ4v) is 6.38. The Morgan fingerprint density at radius 3 is 2.42 bits per heavy atom. The van der Waals surface area contributed by atoms with Crippen LogP contribution in [0.15, 0.2) is 36.5 Å². The number of carbonyl (C=O) groups excluding carboxylic acids is 2. The zero-order valence-corrected chi connectivity index (χ0v) is 25.4. The number of aryl methyl sites for hydroxylation is 3. The van der Waals surface area contributed by atoms with Gasteiger partial charge in [0.05, 0.1) is 18.0 Å². The molecule has 3 aromatic rings. The number of cyclic esters (lactones) is 1. The Labute approximate surface area is 258 Å². The molecule has 240 valence electrons. The molecule has 1 amide bonds. The largest absolute Gasteiger partial charge is 0.454 e. The van der Waals surface area contributed by atoms with Crippen molar-refractivity contribution in [1.29, 1.82) is 0 Å². The van der Waals surface area contributed by atoms with Crippen LogP contribution < -0.4 is 0 Å². The van der Waals surface area contributed by atoms with E-state index in [0.717, 1.165) is 17.8 Å². The van der Waals surface area contributed by atoms with Crippen molar-refractivity contribution in [3.63, 3.8) is 0 Å². The molecule has 45 heavy (non-hydrogen) atoms. The van der Waals surface area contributed by atoms with Crippen molar-refractivity contribution in [2.75, 3.05) is 13.1 Å². The van der Waals surface area contributed by atoms with Gasteiger partial charge in [0.2, 0.25) is 5.91 Å². The van der Waals surface area contributed by atoms with Gasteiger partial charge < -0.3 is 9.64 Å². The fraction of sp³-hybridized carbons (Fsp3) is 0.485. The molecule has 4 heterocycles. The first-order chi connectivity index (χ1) is 21.3. The van der Waals surface area contributed by atoms with E-state index in [9.17, 15) is 31.5 Å². The second kappa shape index (κ2) is 12.8. The molecule has 2 atom stereocenters. The number of rotatable bonds is 8. The van der Waals surface area contributed by atoms with Gasteiger partial charge in [-0.3, -0.25) is 9.59 Å². The molecule has 0 bridgehead atoms. The maximum atomic E-state index is 14.1. The number of benzene rings is 1. The minimum Gasteiger partial charge on any atom is -0.454 e. The lowest BCUT2D eigenvalue weighted by Crippen LogP contribution is -2.39. The molecule has 0 saturated carbocycles. The van der Waals surface area contributed by atoms with E-state index >= 15 is 0 Å². The summed E-state index contributed by atoms with van der Waals surface area (Å²) < 4.78 is 74.6. The number of carbonyl (C=O) groups is 2. The maximum absolute atomic E-state index is 14.1. The van der Waals surface area contributed by atoms with Crippen LogP contribution in [-0.4, -0.2) is 44.8 Å². The molecule has 0 radical (unpaired) electrons. The van der Waals surface area contributed by atoms with E-state index in [0.29, 0.717) is 43.7 Å². The van der Waals surface area contributed by atoms with Gasteiger partial charge in [0, 0.05) is 48.4 Å². The van der Waals surface area contributed by atoms with Crippen molar-refractivity contribution < 1.29 is 36.3 Å². The molecule has 5 rings (SSSR count). The third-order valence-corrected chi connectivity index (χ3v) is 8.86. The number of hydrogen-bond acceptors (Lipinski definition) is 6. The summed E-state index contributed by atoms with van der Waals surface area (Å²) in [7, 11) is 0. The molecule has 12 heteroatoms. The van der Waals surface area contributed by atoms with Crippen molar-refractivity contribution in [2.45, 2.75) is 83.4 Å². The van der Waals surface area contributed by atoms with Crippen LogP contribution in [0.25, 0.3) is 0 Å². The fourth-order valence-electron chi connectivity index (χ4n) is 6.38. The summed E-state index contributed by atoms with van der Waals surface area (Å²) in [5.74, 6) is -2.41. The number of piperidine rings is 1. The molecule has 2 saturated heterocycles. The van der Waals surface area contributed by atoms with E-state index in [2.05, 4.69) is 9.97 Å². The van der Waals surface area contributed by atoms with Gasteiger partial charge in [-0.25, -0.2) is 23.7 Å². The van der Waals surface area contributed by atoms with Gasteiger partial charge in [0.15, 0.2) is 0 Å². The Balaban J connectivity index is 1.27. The Morgan fingerprint density at radius 1 is 1.09 bits per heavy atom. The number of nitrogens with zero attached hydrogens (tertiary/aromatic N) is 4. The third-order valence-electron chi connectivity index (χ3n) is 8.86. The lowest BCUT2D eigenvalue weighted by molar-refractivity contribution is -0.150. The van der Waals surface area contributed by atoms with Gasteiger partial charge in [-0.1, -0.05) is 19.1 Å². The number of esters is 1. The Morgan fingerprint density at radius 2 is 1.78 bits per heavy atom. The molecular weight excluding hydrogens is 595 g/mol. The van der Waals surface area contributed by atoms with Crippen molar-refractivity contribution >= 4 is 11.9 Å². The molecule has 2 aliphatic rings. The summed E-state index contributed by atoms with van der Waals surface area (Å²) in [6.07, 6.45) is -1.21. The molecule has 0 spiro atoms. The number of likely N-dealkylation sites (tertiary alicyclic amines) is 1. The standard InChI is InChI=1S/C33H35F5N4O3/c1-4-20-8-10-23(41-30(20)33(36,37)38)11-9-22-17-32(3,45-31(22)44)25-18-39-19(2)40-29(25)21-12-14-42(15-13-21)28(43)16-24-26(34)6-5-7-27(24)35/h5-8,10,18,21-22H,4,9,11-17H2,1-3H3. The van der Waals surface area contributed by atoms with E-state index in [4.69, 9.17) is 9.72 Å². The highest BCUT2D eigenvalue weighted by molar-refractivity contribution is 5.79. The van der Waals surface area contributed by atoms with E-state index < -0.39 is 41.0 Å². The van der Waals surface area contributed by atoms with Crippen LogP contribution in [0.5, 0.6) is 0 Å². The molecule has 0 aliphatic carbocycles. The summed E-state index contributed by atoms with van der Waals surface area (Å²) in [5, 5.41) is 0. The van der Waals surface area contributed by atoms with Gasteiger partial charge in [-0.2, -0.15) is 13.2 Å². The molecular formula is C33H35F5N4O3. The van der Waals surface area contributed by atoms with Crippen molar-refractivity contribution in [1.82, 2.24) is 19.9 Å². The molecule has 7 nitrogen and oxygen atoms in total. The number of aromatic nitrogens is 3. The van der Waals surface area contributed by atoms with Crippen LogP contribution in [0.1, 0.15) is 85.0 Å². The van der Waals surface area contributed by atoms with Crippen LogP contribution in [0.3, 0.4) is 0 Å². The second-order valence-corrected chi connectivity index (χ2v) is 12.0. The smallest absolute Gasteiger partial charge is 0.433 e. The quantitative estimate of drug-likeness (QED) is 0.212. The Hall–Kier alpha value is -3.96. The van der Waals surface area contributed by atoms with Gasteiger partial charge in [-0.05, 0) is 69.7 Å². The zero-order chi connectivity index (χ0) is 32.5. The van der Waals surface area contributed by atoms with Gasteiger partial charge in [0.1, 0.15) is 28.8 Å². The van der Waals surface area contributed by atoms with E-state index in [-0.39, 0.29) is 54.3 Å². The predicted octanol–water partition coefficient (Wildman–Crippen LogP) is 6.40. The lowest BCUT2D eigenvalue weighted by Gasteiger charge is -2.34. The molecule has 2 aliphatic heterocycles. The minimum atomic E-state index is -4.56. The highest BCUT2D eigenvalue weighted by Crippen LogP contribution is 2.44. The first kappa shape index (κ1) is 32.4. The van der Waals surface area contributed by atoms with Crippen molar-refractivity contribution in [3.8, 4) is 0 Å². The molecule has 0 N–H and O–H groups in total. The minimum absolute atomic E-state index is 0.0763. The predicted molar refractivity (Wildman–Crippen MR) is 154 cm³/mol. The van der Waals surface area contributed by atoms with Crippen LogP contribution in [0.4, 0.5) is 22.0 Å². The van der Waals surface area contributed by atoms with Crippen LogP contribution in [0, 0.1) is 24.5 Å². The summed E-state index contributed by atoms with van der Waals surface area (Å²) >= 11 is 0. The zero-order valence-electron chi connectivity index (χ0n) is 25.4. The van der Waals surface area contributed by atoms with E-state index in [1.807, 2.05) is 0 Å². The molecule has 2 unspecified atom stereocenters. The highest BCUT2D eigenvalue weighted by atomic mass is 19.4. The average molecular weight is 631 g/mol. The van der Waals surface area contributed by atoms with Crippen LogP contribution in [0.2, 0.25) is 0 Å². The summed E-state index contributed by atoms with van der Waals surface area (Å²) in [4.78, 5) is 40.5. The van der Waals surface area contributed by atoms with Crippen LogP contribution >= 0.6 is 0 Å². The average Bonchev–Trinajstić information content (AvgIpc) is 3.30. The first-order valence-corrected chi connectivity index (χ1v) is 15.1. The van der Waals surface area contributed by atoms with Crippen LogP contribution in [-0.2, 0) is 45.4 Å². The van der Waals surface area contributed by atoms with Gasteiger partial charge >= 0.3 is 12.1 Å². The number of alkyl halides is 3. The van der Waals surface area contributed by atoms with Crippen molar-refractivity contribution in [3.05, 3.63) is 87.8 Å². The van der Waals surface area contributed by atoms with E-state index in [1.165, 1.54) is 12.1 Å². The number of pyridine rings is 1. The third kappa shape index (κ3) is 6.99. The van der Waals surface area contributed by atoms with Crippen molar-refractivity contribution in [2.24, 2.45) is 5.92 Å². The first-order valence-electron chi connectivity index (χ1n) is 15.1. The van der Waals surface area contributed by atoms with Gasteiger partial charge in [0.25, 0.3) is 0 Å². The maximum Gasteiger partial charge on any atom is 0.433 e. The molecule has 2 fully saturated rings. The monoisotopic (exact) mass is 630 g/mol. The second-order valence-electron chi connectivity index (χ2n) is 12.0. The number of halogens is 5. The summed E-state index contributed by atoms with van der Waals surface area (Å²) in [6.45, 7) is 5.92. The number of amides is 1. The van der Waals surface area contributed by atoms with E-state index in [1.54, 1.807) is 37.9 Å². The Kier molecular flexibility index (Phi) is 9.23. The summed E-state index contributed by atoms with van der Waals surface area (Å²) in [5.41, 5.74) is -0.423. The molecule has 1 aromatic carbocycles. The lowest BCUT2D eigenvalue weighted by atomic mass is 9.82. The number of ether oxygens (including phenoxy) is 1. The topological polar surface area (TPSA) is 85.3 Å². The van der Waals surface area contributed by atoms with Gasteiger partial charge in [-0.15, -0.1) is 0 Å². The summed E-state index contributed by atoms with van der Waals surface area (Å²) in [6, 6.07) is 6.52. The Bertz CT molecular complexity index is 1570. The SMILES string of the molecule is CCc1ccc(CCC2CC(C)(c3cnc(C)nc3C3CCN(C(=O)Cc4c(F)cccc4F)CC3)OC2=O)nc1C(F)(F)F. The number of hydrogen-bond donors (Lipinski definition) is 0. The normalized spacial score (nSPS) is 20.8. The molecule has 2 aromatic heterocycles.